The molecule has 107 heavy (non-hydrogen) atoms. The van der Waals surface area contributed by atoms with Crippen LogP contribution in [0.25, 0.3) is 0 Å². The van der Waals surface area contributed by atoms with Crippen LogP contribution in [0.4, 0.5) is 0 Å². The second-order valence-corrected chi connectivity index (χ2v) is 32.1. The van der Waals surface area contributed by atoms with Crippen molar-refractivity contribution >= 4 is 5.91 Å². The number of hydrogen-bond donors (Lipinski definition) is 12. The van der Waals surface area contributed by atoms with Crippen LogP contribution in [0.1, 0.15) is 386 Å². The van der Waals surface area contributed by atoms with Crippen LogP contribution in [0.5, 0.6) is 0 Å². The Balaban J connectivity index is 1.33. The lowest BCUT2D eigenvalue weighted by Gasteiger charge is -2.48. The van der Waals surface area contributed by atoms with Gasteiger partial charge in [0.25, 0.3) is 0 Å². The van der Waals surface area contributed by atoms with Crippen LogP contribution in [0, 0.1) is 0 Å². The van der Waals surface area contributed by atoms with Crippen molar-refractivity contribution in [3.05, 3.63) is 36.5 Å². The number of amides is 1. The van der Waals surface area contributed by atoms with Crippen LogP contribution in [0.2, 0.25) is 0 Å². The maximum Gasteiger partial charge on any atom is 0.220 e. The minimum atomic E-state index is -1.97. The summed E-state index contributed by atoms with van der Waals surface area (Å²) < 4.78 is 34.6. The summed E-state index contributed by atoms with van der Waals surface area (Å²) in [6.07, 6.45) is 59.6. The Labute approximate surface area is 651 Å². The van der Waals surface area contributed by atoms with E-state index in [0.29, 0.717) is 12.8 Å². The zero-order valence-corrected chi connectivity index (χ0v) is 67.9. The largest absolute Gasteiger partial charge is 0.394 e. The third-order valence-corrected chi connectivity index (χ3v) is 22.5. The average Bonchev–Trinajstić information content (AvgIpc) is 0.781. The smallest absolute Gasteiger partial charge is 0.220 e. The predicted molar refractivity (Wildman–Crippen MR) is 429 cm³/mol. The highest BCUT2D eigenvalue weighted by molar-refractivity contribution is 5.76. The third kappa shape index (κ3) is 47.5. The lowest BCUT2D eigenvalue weighted by molar-refractivity contribution is -0.379. The molecule has 3 rings (SSSR count). The Bertz CT molecular complexity index is 2070. The number of carbonyl (C=O) groups excluding carboxylic acids is 1. The normalized spacial score (nSPS) is 25.6. The summed E-state index contributed by atoms with van der Waals surface area (Å²) in [5.74, 6) is -0.237. The van der Waals surface area contributed by atoms with Crippen LogP contribution < -0.4 is 5.32 Å². The number of aliphatic hydroxyl groups excluding tert-OH is 11. The van der Waals surface area contributed by atoms with E-state index in [1.807, 2.05) is 0 Å². The van der Waals surface area contributed by atoms with Crippen LogP contribution in [-0.4, -0.2) is 193 Å². The van der Waals surface area contributed by atoms with Crippen LogP contribution in [0.3, 0.4) is 0 Å². The molecule has 0 radical (unpaired) electrons. The minimum absolute atomic E-state index is 0.237. The van der Waals surface area contributed by atoms with E-state index < -0.39 is 124 Å². The molecule has 19 heteroatoms. The first-order valence-corrected chi connectivity index (χ1v) is 44.7. The molecule has 3 saturated heterocycles. The molecule has 0 spiro atoms. The van der Waals surface area contributed by atoms with Crippen molar-refractivity contribution in [2.75, 3.05) is 26.4 Å². The fraction of sp³-hybridized carbons (Fsp3) is 0.920. The number of carbonyl (C=O) groups is 1. The number of unbranched alkanes of at least 4 members (excludes halogenated alkanes) is 51. The Kier molecular flexibility index (Phi) is 63.4. The Morgan fingerprint density at radius 1 is 0.336 bits per heavy atom. The molecule has 12 N–H and O–H groups in total. The van der Waals surface area contributed by atoms with Gasteiger partial charge in [-0.25, -0.2) is 0 Å². The van der Waals surface area contributed by atoms with Crippen molar-refractivity contribution in [3.63, 3.8) is 0 Å². The van der Waals surface area contributed by atoms with Gasteiger partial charge < -0.3 is 89.9 Å². The topological polar surface area (TPSA) is 307 Å². The van der Waals surface area contributed by atoms with Crippen molar-refractivity contribution in [1.29, 1.82) is 0 Å². The molecule has 3 aliphatic heterocycles. The van der Waals surface area contributed by atoms with Crippen molar-refractivity contribution in [1.82, 2.24) is 5.32 Å². The molecule has 0 aromatic heterocycles. The van der Waals surface area contributed by atoms with Gasteiger partial charge in [-0.15, -0.1) is 0 Å². The summed E-state index contributed by atoms with van der Waals surface area (Å²) in [7, 11) is 0. The number of rotatable bonds is 73. The Morgan fingerprint density at radius 3 is 0.963 bits per heavy atom. The molecular weight excluding hydrogens is 1360 g/mol. The van der Waals surface area contributed by atoms with Crippen molar-refractivity contribution < 1.29 is 89.4 Å². The van der Waals surface area contributed by atoms with Gasteiger partial charge in [0.05, 0.1) is 38.6 Å². The van der Waals surface area contributed by atoms with E-state index in [-0.39, 0.29) is 18.9 Å². The summed E-state index contributed by atoms with van der Waals surface area (Å²) in [6.45, 7) is 1.85. The van der Waals surface area contributed by atoms with Crippen LogP contribution in [0.15, 0.2) is 36.5 Å². The van der Waals surface area contributed by atoms with E-state index in [1.165, 1.54) is 295 Å². The van der Waals surface area contributed by atoms with Crippen molar-refractivity contribution in [2.24, 2.45) is 0 Å². The standard InChI is InChI=1S/C88H165NO18/c1-3-5-7-9-11-13-15-17-19-21-23-25-27-29-31-33-34-35-36-38-39-41-43-45-47-49-51-53-55-57-59-61-63-65-72(93)71(89-76(94)66-64-62-60-58-56-54-52-50-48-46-44-42-40-37-32-30-28-26-24-22-20-18-16-14-12-10-8-6-4-2)70-102-86-82(100)79(97)84(74(68-91)104-86)107-88-83(101)80(98)85(75(69-92)105-88)106-87-81(99)78(96)77(95)73(67-90)103-87/h16,18,22,24,28,30,71-75,77-88,90-93,95-101H,3-15,17,19-21,23,25-27,29,31-70H2,1-2H3,(H,89,94)/b18-16-,24-22-,30-28-. The molecule has 0 aromatic carbocycles. The lowest BCUT2D eigenvalue weighted by atomic mass is 9.96. The molecule has 19 nitrogen and oxygen atoms in total. The molecule has 17 atom stereocenters. The van der Waals surface area contributed by atoms with E-state index in [2.05, 4.69) is 55.6 Å². The molecule has 17 unspecified atom stereocenters. The first-order chi connectivity index (χ1) is 52.3. The molecule has 3 heterocycles. The number of nitrogens with one attached hydrogen (secondary N) is 1. The van der Waals surface area contributed by atoms with Crippen molar-refractivity contribution in [2.45, 2.75) is 491 Å². The molecule has 0 saturated carbocycles. The monoisotopic (exact) mass is 1520 g/mol. The van der Waals surface area contributed by atoms with Gasteiger partial charge >= 0.3 is 0 Å². The van der Waals surface area contributed by atoms with E-state index in [0.717, 1.165) is 57.8 Å². The van der Waals surface area contributed by atoms with Crippen LogP contribution >= 0.6 is 0 Å². The highest BCUT2D eigenvalue weighted by atomic mass is 16.8. The first kappa shape index (κ1) is 99.2. The zero-order valence-electron chi connectivity index (χ0n) is 67.9. The molecule has 0 aliphatic carbocycles. The van der Waals surface area contributed by atoms with Gasteiger partial charge in [-0.05, 0) is 51.4 Å². The highest BCUT2D eigenvalue weighted by Crippen LogP contribution is 2.34. The fourth-order valence-electron chi connectivity index (χ4n) is 15.3. The van der Waals surface area contributed by atoms with E-state index >= 15 is 0 Å². The lowest BCUT2D eigenvalue weighted by Crippen LogP contribution is -2.66. The summed E-state index contributed by atoms with van der Waals surface area (Å²) in [6, 6.07) is -0.890. The summed E-state index contributed by atoms with van der Waals surface area (Å²) >= 11 is 0. The number of allylic oxidation sites excluding steroid dienone is 6. The molecule has 3 aliphatic rings. The second kappa shape index (κ2) is 68.4. The predicted octanol–water partition coefficient (Wildman–Crippen LogP) is 16.6. The third-order valence-electron chi connectivity index (χ3n) is 22.5. The quantitative estimate of drug-likeness (QED) is 0.0199. The number of aliphatic hydroxyl groups is 11. The summed E-state index contributed by atoms with van der Waals surface area (Å²) in [5, 5.41) is 121. The molecular formula is C88H165NO18. The highest BCUT2D eigenvalue weighted by Gasteiger charge is 2.54. The van der Waals surface area contributed by atoms with Gasteiger partial charge in [-0.1, -0.05) is 365 Å². The molecule has 0 bridgehead atoms. The van der Waals surface area contributed by atoms with Gasteiger partial charge in [0.2, 0.25) is 5.91 Å². The maximum absolute atomic E-state index is 13.5. The van der Waals surface area contributed by atoms with Gasteiger partial charge in [0, 0.05) is 6.42 Å². The Morgan fingerprint density at radius 2 is 0.617 bits per heavy atom. The number of ether oxygens (including phenoxy) is 6. The first-order valence-electron chi connectivity index (χ1n) is 44.7. The SMILES string of the molecule is CCCCCCC/C=C\C/C=C\C/C=C\CCCCCCCCCCCCCCCCC(=O)NC(COC1OC(CO)C(OC2OC(CO)C(OC3OC(CO)C(O)C(O)C3O)C(O)C2O)C(O)C1O)C(O)CCCCCCCCCCCCCCCCCCCCCCCCCCCCCCCCCCC. The fourth-order valence-corrected chi connectivity index (χ4v) is 15.3. The maximum atomic E-state index is 13.5. The minimum Gasteiger partial charge on any atom is -0.394 e. The van der Waals surface area contributed by atoms with E-state index in [1.54, 1.807) is 0 Å². The number of hydrogen-bond acceptors (Lipinski definition) is 18. The van der Waals surface area contributed by atoms with Gasteiger partial charge in [-0.3, -0.25) is 4.79 Å². The van der Waals surface area contributed by atoms with E-state index in [9.17, 15) is 61.0 Å². The molecule has 630 valence electrons. The van der Waals surface area contributed by atoms with Gasteiger partial charge in [0.1, 0.15) is 73.2 Å². The molecule has 1 amide bonds. The Hall–Kier alpha value is -1.99. The van der Waals surface area contributed by atoms with Crippen molar-refractivity contribution in [3.8, 4) is 0 Å². The van der Waals surface area contributed by atoms with Crippen LogP contribution in [-0.2, 0) is 33.2 Å². The molecule has 0 aromatic rings. The van der Waals surface area contributed by atoms with Gasteiger partial charge in [0.15, 0.2) is 18.9 Å². The second-order valence-electron chi connectivity index (χ2n) is 32.1. The van der Waals surface area contributed by atoms with Gasteiger partial charge in [-0.2, -0.15) is 0 Å². The summed E-state index contributed by atoms with van der Waals surface area (Å²) in [5.41, 5.74) is 0. The molecule has 3 fully saturated rings. The van der Waals surface area contributed by atoms with E-state index in [4.69, 9.17) is 28.4 Å². The average molecular weight is 1530 g/mol. The summed E-state index contributed by atoms with van der Waals surface area (Å²) in [4.78, 5) is 13.5. The zero-order chi connectivity index (χ0) is 77.4.